The molecule has 7 nitrogen and oxygen atoms in total. The van der Waals surface area contributed by atoms with Gasteiger partial charge in [0.25, 0.3) is 5.91 Å². The van der Waals surface area contributed by atoms with Crippen molar-refractivity contribution in [1.29, 1.82) is 0 Å². The number of nitrogens with one attached hydrogen (secondary N) is 1. The third kappa shape index (κ3) is 4.92. The number of amides is 1. The lowest BCUT2D eigenvalue weighted by atomic mass is 10.1. The predicted octanol–water partition coefficient (Wildman–Crippen LogP) is 1.34. The predicted molar refractivity (Wildman–Crippen MR) is 102 cm³/mol. The number of nitrogens with zero attached hydrogens (tertiary/aromatic N) is 4. The smallest absolute Gasteiger partial charge is 0.257 e. The van der Waals surface area contributed by atoms with Crippen LogP contribution in [0.15, 0.2) is 6.20 Å². The maximum Gasteiger partial charge on any atom is 0.257 e. The summed E-state index contributed by atoms with van der Waals surface area (Å²) in [6, 6.07) is 0. The highest BCUT2D eigenvalue weighted by Crippen LogP contribution is 2.18. The number of rotatable bonds is 7. The molecule has 2 aliphatic rings. The highest BCUT2D eigenvalue weighted by Gasteiger charge is 2.24. The van der Waals surface area contributed by atoms with Gasteiger partial charge in [0.1, 0.15) is 0 Å². The average molecular weight is 361 g/mol. The molecule has 3 heterocycles. The van der Waals surface area contributed by atoms with E-state index in [1.165, 1.54) is 0 Å². The van der Waals surface area contributed by atoms with Crippen molar-refractivity contribution in [3.05, 3.63) is 17.5 Å². The zero-order valence-corrected chi connectivity index (χ0v) is 16.0. The van der Waals surface area contributed by atoms with Crippen molar-refractivity contribution in [2.75, 3.05) is 57.4 Å². The minimum Gasteiger partial charge on any atom is -0.378 e. The monoisotopic (exact) mass is 361 g/mol. The molecule has 26 heavy (non-hydrogen) atoms. The van der Waals surface area contributed by atoms with Gasteiger partial charge in [-0.2, -0.15) is 0 Å². The minimum atomic E-state index is 0.0786. The molecule has 0 bridgehead atoms. The Balaban J connectivity index is 1.75. The molecule has 0 radical (unpaired) electrons. The molecule has 0 unspecified atom stereocenters. The topological polar surface area (TPSA) is 70.6 Å². The van der Waals surface area contributed by atoms with Gasteiger partial charge in [-0.1, -0.05) is 13.8 Å². The SMILES string of the molecule is CC(C)CNCCc1nc(N2CCOCC2)ncc1C(=O)N1CCCC1. The normalized spacial score (nSPS) is 18.0. The number of aromatic nitrogens is 2. The molecular weight excluding hydrogens is 330 g/mol. The van der Waals surface area contributed by atoms with E-state index in [4.69, 9.17) is 9.72 Å². The van der Waals surface area contributed by atoms with Gasteiger partial charge in [-0.15, -0.1) is 0 Å². The van der Waals surface area contributed by atoms with E-state index in [-0.39, 0.29) is 5.91 Å². The zero-order chi connectivity index (χ0) is 18.4. The molecule has 7 heteroatoms. The Hall–Kier alpha value is -1.73. The van der Waals surface area contributed by atoms with E-state index in [0.717, 1.165) is 64.2 Å². The molecule has 3 rings (SSSR count). The van der Waals surface area contributed by atoms with E-state index in [1.54, 1.807) is 6.20 Å². The van der Waals surface area contributed by atoms with E-state index in [1.807, 2.05) is 4.90 Å². The standard InChI is InChI=1S/C19H31N5O2/c1-15(2)13-20-6-5-17-16(18(25)23-7-3-4-8-23)14-21-19(22-17)24-9-11-26-12-10-24/h14-15,20H,3-13H2,1-2H3. The summed E-state index contributed by atoms with van der Waals surface area (Å²) in [6.07, 6.45) is 4.64. The molecule has 2 aliphatic heterocycles. The summed E-state index contributed by atoms with van der Waals surface area (Å²) in [5.41, 5.74) is 1.52. The number of hydrogen-bond donors (Lipinski definition) is 1. The maximum absolute atomic E-state index is 12.9. The van der Waals surface area contributed by atoms with Crippen molar-refractivity contribution >= 4 is 11.9 Å². The maximum atomic E-state index is 12.9. The second-order valence-electron chi connectivity index (χ2n) is 7.48. The number of ether oxygens (including phenoxy) is 1. The Morgan fingerprint density at radius 2 is 1.96 bits per heavy atom. The summed E-state index contributed by atoms with van der Waals surface area (Å²) in [6.45, 7) is 10.8. The van der Waals surface area contributed by atoms with Gasteiger partial charge in [0.2, 0.25) is 5.95 Å². The molecule has 0 atom stereocenters. The molecule has 1 aromatic rings. The molecule has 2 saturated heterocycles. The summed E-state index contributed by atoms with van der Waals surface area (Å²) in [4.78, 5) is 26.2. The zero-order valence-electron chi connectivity index (χ0n) is 16.0. The fourth-order valence-corrected chi connectivity index (χ4v) is 3.38. The van der Waals surface area contributed by atoms with Crippen LogP contribution in [-0.4, -0.2) is 73.3 Å². The van der Waals surface area contributed by atoms with Gasteiger partial charge in [-0.25, -0.2) is 9.97 Å². The van der Waals surface area contributed by atoms with Crippen LogP contribution in [0.4, 0.5) is 5.95 Å². The van der Waals surface area contributed by atoms with Gasteiger partial charge >= 0.3 is 0 Å². The molecule has 0 saturated carbocycles. The number of anilines is 1. The fraction of sp³-hybridized carbons (Fsp3) is 0.737. The van der Waals surface area contributed by atoms with Crippen LogP contribution in [0.25, 0.3) is 0 Å². The first kappa shape index (κ1) is 19.0. The molecule has 0 aromatic carbocycles. The summed E-state index contributed by atoms with van der Waals surface area (Å²) < 4.78 is 5.41. The highest BCUT2D eigenvalue weighted by atomic mass is 16.5. The number of morpholine rings is 1. The molecule has 1 amide bonds. The lowest BCUT2D eigenvalue weighted by Gasteiger charge is -2.27. The number of carbonyl (C=O) groups excluding carboxylic acids is 1. The molecule has 2 fully saturated rings. The first-order valence-corrected chi connectivity index (χ1v) is 9.83. The second kappa shape index (κ2) is 9.28. The van der Waals surface area contributed by atoms with Crippen LogP contribution in [0.5, 0.6) is 0 Å². The third-order valence-corrected chi connectivity index (χ3v) is 4.86. The largest absolute Gasteiger partial charge is 0.378 e. The molecule has 1 aromatic heterocycles. The number of likely N-dealkylation sites (tertiary alicyclic amines) is 1. The highest BCUT2D eigenvalue weighted by molar-refractivity contribution is 5.95. The van der Waals surface area contributed by atoms with Crippen LogP contribution in [0.2, 0.25) is 0 Å². The van der Waals surface area contributed by atoms with Crippen molar-refractivity contribution in [1.82, 2.24) is 20.2 Å². The molecule has 144 valence electrons. The van der Waals surface area contributed by atoms with Crippen LogP contribution >= 0.6 is 0 Å². The van der Waals surface area contributed by atoms with Gasteiger partial charge in [-0.05, 0) is 25.3 Å². The second-order valence-corrected chi connectivity index (χ2v) is 7.48. The molecular formula is C19H31N5O2. The lowest BCUT2D eigenvalue weighted by Crippen LogP contribution is -2.38. The van der Waals surface area contributed by atoms with Crippen LogP contribution in [0, 0.1) is 5.92 Å². The van der Waals surface area contributed by atoms with Crippen molar-refractivity contribution < 1.29 is 9.53 Å². The van der Waals surface area contributed by atoms with E-state index >= 15 is 0 Å². The third-order valence-electron chi connectivity index (χ3n) is 4.86. The lowest BCUT2D eigenvalue weighted by molar-refractivity contribution is 0.0790. The van der Waals surface area contributed by atoms with Crippen molar-refractivity contribution in [3.8, 4) is 0 Å². The van der Waals surface area contributed by atoms with Gasteiger partial charge in [-0.3, -0.25) is 4.79 Å². The Labute approximate surface area is 156 Å². The fourth-order valence-electron chi connectivity index (χ4n) is 3.38. The van der Waals surface area contributed by atoms with Crippen LogP contribution < -0.4 is 10.2 Å². The summed E-state index contributed by atoms with van der Waals surface area (Å²) in [7, 11) is 0. The summed E-state index contributed by atoms with van der Waals surface area (Å²) >= 11 is 0. The van der Waals surface area contributed by atoms with Crippen LogP contribution in [-0.2, 0) is 11.2 Å². The Kier molecular flexibility index (Phi) is 6.80. The van der Waals surface area contributed by atoms with E-state index in [2.05, 4.69) is 29.0 Å². The number of carbonyl (C=O) groups is 1. The van der Waals surface area contributed by atoms with Gasteiger partial charge in [0, 0.05) is 45.3 Å². The van der Waals surface area contributed by atoms with E-state index in [9.17, 15) is 4.79 Å². The Morgan fingerprint density at radius 1 is 1.23 bits per heavy atom. The summed E-state index contributed by atoms with van der Waals surface area (Å²) in [5, 5.41) is 3.45. The van der Waals surface area contributed by atoms with Gasteiger partial charge in [0.05, 0.1) is 24.5 Å². The van der Waals surface area contributed by atoms with E-state index < -0.39 is 0 Å². The molecule has 0 aliphatic carbocycles. The Bertz CT molecular complexity index is 596. The number of hydrogen-bond acceptors (Lipinski definition) is 6. The average Bonchev–Trinajstić information content (AvgIpc) is 3.20. The van der Waals surface area contributed by atoms with Gasteiger partial charge in [0.15, 0.2) is 0 Å². The first-order valence-electron chi connectivity index (χ1n) is 9.83. The Morgan fingerprint density at radius 3 is 2.65 bits per heavy atom. The minimum absolute atomic E-state index is 0.0786. The van der Waals surface area contributed by atoms with Crippen molar-refractivity contribution in [2.45, 2.75) is 33.1 Å². The van der Waals surface area contributed by atoms with Crippen molar-refractivity contribution in [3.63, 3.8) is 0 Å². The van der Waals surface area contributed by atoms with Crippen LogP contribution in [0.3, 0.4) is 0 Å². The molecule has 0 spiro atoms. The van der Waals surface area contributed by atoms with Crippen molar-refractivity contribution in [2.24, 2.45) is 5.92 Å². The van der Waals surface area contributed by atoms with Gasteiger partial charge < -0.3 is 19.9 Å². The quantitative estimate of drug-likeness (QED) is 0.739. The summed E-state index contributed by atoms with van der Waals surface area (Å²) in [5.74, 6) is 1.40. The molecule has 1 N–H and O–H groups in total. The van der Waals surface area contributed by atoms with E-state index in [0.29, 0.717) is 30.6 Å². The first-order chi connectivity index (χ1) is 12.6. The van der Waals surface area contributed by atoms with Crippen LogP contribution in [0.1, 0.15) is 42.7 Å².